The van der Waals surface area contributed by atoms with Crippen molar-refractivity contribution in [1.82, 2.24) is 4.90 Å². The molecule has 1 aromatic rings. The molecule has 0 spiro atoms. The van der Waals surface area contributed by atoms with Crippen molar-refractivity contribution in [3.63, 3.8) is 0 Å². The summed E-state index contributed by atoms with van der Waals surface area (Å²) in [7, 11) is 3.34. The molecular weight excluding hydrogens is 214 g/mol. The van der Waals surface area contributed by atoms with Crippen LogP contribution >= 0.6 is 0 Å². The molecule has 0 N–H and O–H groups in total. The van der Waals surface area contributed by atoms with Gasteiger partial charge in [0, 0.05) is 6.54 Å². The monoisotopic (exact) mass is 235 g/mol. The molecule has 0 aliphatic rings. The SMILES string of the molecule is COC(=O)CN(C)Cc1cc(C)c(C)cc1C. The fourth-order valence-electron chi connectivity index (χ4n) is 1.82. The average molecular weight is 235 g/mol. The lowest BCUT2D eigenvalue weighted by Crippen LogP contribution is -2.26. The van der Waals surface area contributed by atoms with Gasteiger partial charge in [-0.25, -0.2) is 0 Å². The molecule has 3 heteroatoms. The molecule has 3 nitrogen and oxygen atoms in total. The summed E-state index contributed by atoms with van der Waals surface area (Å²) < 4.78 is 4.65. The highest BCUT2D eigenvalue weighted by Crippen LogP contribution is 2.16. The molecule has 0 unspecified atom stereocenters. The van der Waals surface area contributed by atoms with E-state index < -0.39 is 0 Å². The van der Waals surface area contributed by atoms with Gasteiger partial charge in [0.05, 0.1) is 13.7 Å². The third-order valence-corrected chi connectivity index (χ3v) is 3.02. The first-order valence-corrected chi connectivity index (χ1v) is 5.76. The maximum atomic E-state index is 11.2. The Bertz CT molecular complexity index is 413. The molecule has 0 aromatic heterocycles. The second-order valence-corrected chi connectivity index (χ2v) is 4.61. The number of benzene rings is 1. The second-order valence-electron chi connectivity index (χ2n) is 4.61. The average Bonchev–Trinajstić information content (AvgIpc) is 2.25. The first-order chi connectivity index (χ1) is 7.93. The molecule has 0 bridgehead atoms. The van der Waals surface area contributed by atoms with Crippen LogP contribution in [0.5, 0.6) is 0 Å². The molecule has 17 heavy (non-hydrogen) atoms. The van der Waals surface area contributed by atoms with Gasteiger partial charge in [0.1, 0.15) is 0 Å². The van der Waals surface area contributed by atoms with Crippen molar-refractivity contribution in [3.05, 3.63) is 34.4 Å². The van der Waals surface area contributed by atoms with E-state index in [2.05, 4.69) is 37.6 Å². The molecule has 0 heterocycles. The summed E-state index contributed by atoms with van der Waals surface area (Å²) in [5.74, 6) is -0.200. The minimum absolute atomic E-state index is 0.200. The van der Waals surface area contributed by atoms with Crippen molar-refractivity contribution in [1.29, 1.82) is 0 Å². The lowest BCUT2D eigenvalue weighted by atomic mass is 10.0. The highest BCUT2D eigenvalue weighted by atomic mass is 16.5. The van der Waals surface area contributed by atoms with Crippen LogP contribution in [-0.2, 0) is 16.1 Å². The number of esters is 1. The van der Waals surface area contributed by atoms with Gasteiger partial charge in [-0.2, -0.15) is 0 Å². The molecule has 0 amide bonds. The summed E-state index contributed by atoms with van der Waals surface area (Å²) in [6.07, 6.45) is 0. The van der Waals surface area contributed by atoms with Crippen LogP contribution in [0.3, 0.4) is 0 Å². The maximum Gasteiger partial charge on any atom is 0.319 e. The van der Waals surface area contributed by atoms with Crippen molar-refractivity contribution in [2.45, 2.75) is 27.3 Å². The molecule has 0 fully saturated rings. The fraction of sp³-hybridized carbons (Fsp3) is 0.500. The van der Waals surface area contributed by atoms with Crippen LogP contribution in [0, 0.1) is 20.8 Å². The van der Waals surface area contributed by atoms with Crippen LogP contribution < -0.4 is 0 Å². The Labute approximate surface area is 103 Å². The molecule has 94 valence electrons. The van der Waals surface area contributed by atoms with Gasteiger partial charge in [0.2, 0.25) is 0 Å². The van der Waals surface area contributed by atoms with Crippen molar-refractivity contribution < 1.29 is 9.53 Å². The van der Waals surface area contributed by atoms with E-state index in [1.54, 1.807) is 0 Å². The summed E-state index contributed by atoms with van der Waals surface area (Å²) in [5.41, 5.74) is 5.13. The van der Waals surface area contributed by atoms with E-state index in [4.69, 9.17) is 0 Å². The molecule has 0 saturated heterocycles. The standard InChI is InChI=1S/C14H21NO2/c1-10-6-12(3)13(7-11(10)2)8-15(4)9-14(16)17-5/h6-7H,8-9H2,1-5H3. The number of nitrogens with zero attached hydrogens (tertiary/aromatic N) is 1. The van der Waals surface area contributed by atoms with E-state index >= 15 is 0 Å². The first kappa shape index (κ1) is 13.7. The van der Waals surface area contributed by atoms with E-state index in [0.29, 0.717) is 6.54 Å². The Morgan fingerprint density at radius 1 is 1.18 bits per heavy atom. The van der Waals surface area contributed by atoms with Crippen molar-refractivity contribution >= 4 is 5.97 Å². The summed E-state index contributed by atoms with van der Waals surface area (Å²) in [6.45, 7) is 7.42. The first-order valence-electron chi connectivity index (χ1n) is 5.76. The van der Waals surface area contributed by atoms with Crippen LogP contribution in [0.1, 0.15) is 22.3 Å². The molecule has 0 radical (unpaired) electrons. The van der Waals surface area contributed by atoms with Crippen molar-refractivity contribution in [2.75, 3.05) is 20.7 Å². The predicted molar refractivity (Wildman–Crippen MR) is 69.0 cm³/mol. The van der Waals surface area contributed by atoms with Crippen molar-refractivity contribution in [2.24, 2.45) is 0 Å². The lowest BCUT2D eigenvalue weighted by molar-refractivity contribution is -0.141. The molecular formula is C14H21NO2. The summed E-state index contributed by atoms with van der Waals surface area (Å²) in [4.78, 5) is 13.1. The maximum absolute atomic E-state index is 11.2. The summed E-state index contributed by atoms with van der Waals surface area (Å²) >= 11 is 0. The topological polar surface area (TPSA) is 29.5 Å². The predicted octanol–water partition coefficient (Wildman–Crippen LogP) is 2.22. The van der Waals surface area contributed by atoms with Gasteiger partial charge in [0.25, 0.3) is 0 Å². The Morgan fingerprint density at radius 3 is 2.35 bits per heavy atom. The van der Waals surface area contributed by atoms with Crippen molar-refractivity contribution in [3.8, 4) is 0 Å². The molecule has 0 atom stereocenters. The van der Waals surface area contributed by atoms with Gasteiger partial charge < -0.3 is 4.74 Å². The highest BCUT2D eigenvalue weighted by Gasteiger charge is 2.09. The third kappa shape index (κ3) is 3.86. The largest absolute Gasteiger partial charge is 0.468 e. The number of ether oxygens (including phenoxy) is 1. The van der Waals surface area contributed by atoms with Crippen LogP contribution in [0.2, 0.25) is 0 Å². The molecule has 0 aliphatic heterocycles. The summed E-state index contributed by atoms with van der Waals surface area (Å²) in [6, 6.07) is 4.38. The van der Waals surface area contributed by atoms with Crippen LogP contribution in [0.4, 0.5) is 0 Å². The van der Waals surface area contributed by atoms with Gasteiger partial charge in [-0.1, -0.05) is 12.1 Å². The number of carbonyl (C=O) groups excluding carboxylic acids is 1. The fourth-order valence-corrected chi connectivity index (χ4v) is 1.82. The smallest absolute Gasteiger partial charge is 0.319 e. The number of hydrogen-bond acceptors (Lipinski definition) is 3. The number of carbonyl (C=O) groups is 1. The van der Waals surface area contributed by atoms with Gasteiger partial charge >= 0.3 is 5.97 Å². The van der Waals surface area contributed by atoms with Gasteiger partial charge in [-0.05, 0) is 50.1 Å². The minimum atomic E-state index is -0.200. The zero-order valence-corrected chi connectivity index (χ0v) is 11.3. The number of hydrogen-bond donors (Lipinski definition) is 0. The van der Waals surface area contributed by atoms with Gasteiger partial charge in [0.15, 0.2) is 0 Å². The third-order valence-electron chi connectivity index (χ3n) is 3.02. The van der Waals surface area contributed by atoms with Crippen LogP contribution in [0.25, 0.3) is 0 Å². The second kappa shape index (κ2) is 5.82. The molecule has 0 saturated carbocycles. The van der Waals surface area contributed by atoms with Gasteiger partial charge in [-0.3, -0.25) is 9.69 Å². The molecule has 1 aromatic carbocycles. The minimum Gasteiger partial charge on any atom is -0.468 e. The quantitative estimate of drug-likeness (QED) is 0.749. The molecule has 1 rings (SSSR count). The van der Waals surface area contributed by atoms with E-state index in [0.717, 1.165) is 6.54 Å². The number of likely N-dealkylation sites (N-methyl/N-ethyl adjacent to an activating group) is 1. The number of aryl methyl sites for hydroxylation is 3. The Morgan fingerprint density at radius 2 is 1.76 bits per heavy atom. The number of rotatable bonds is 4. The highest BCUT2D eigenvalue weighted by molar-refractivity contribution is 5.71. The Balaban J connectivity index is 2.74. The zero-order valence-electron chi connectivity index (χ0n) is 11.3. The molecule has 0 aliphatic carbocycles. The van der Waals surface area contributed by atoms with E-state index in [-0.39, 0.29) is 5.97 Å². The Hall–Kier alpha value is -1.35. The number of methoxy groups -OCH3 is 1. The van der Waals surface area contributed by atoms with E-state index in [1.807, 2.05) is 11.9 Å². The van der Waals surface area contributed by atoms with Crippen LogP contribution in [0.15, 0.2) is 12.1 Å². The lowest BCUT2D eigenvalue weighted by Gasteiger charge is -2.17. The normalized spacial score (nSPS) is 10.7. The Kier molecular flexibility index (Phi) is 4.70. The zero-order chi connectivity index (χ0) is 13.0. The van der Waals surface area contributed by atoms with Gasteiger partial charge in [-0.15, -0.1) is 0 Å². The van der Waals surface area contributed by atoms with E-state index in [9.17, 15) is 4.79 Å². The summed E-state index contributed by atoms with van der Waals surface area (Å²) in [5, 5.41) is 0. The van der Waals surface area contributed by atoms with E-state index in [1.165, 1.54) is 29.4 Å². The van der Waals surface area contributed by atoms with Crippen LogP contribution in [-0.4, -0.2) is 31.6 Å².